The molecule has 1 aliphatic heterocycles. The van der Waals surface area contributed by atoms with Crippen molar-refractivity contribution in [1.29, 1.82) is 0 Å². The van der Waals surface area contributed by atoms with E-state index in [9.17, 15) is 9.59 Å². The topological polar surface area (TPSA) is 80.1 Å². The fourth-order valence-electron chi connectivity index (χ4n) is 4.95. The molecule has 0 saturated heterocycles. The average Bonchev–Trinajstić information content (AvgIpc) is 2.96. The third-order valence-corrected chi connectivity index (χ3v) is 7.03. The van der Waals surface area contributed by atoms with Crippen LogP contribution < -0.4 is 15.8 Å². The van der Waals surface area contributed by atoms with E-state index in [4.69, 9.17) is 9.97 Å². The highest BCUT2D eigenvalue weighted by atomic mass is 16.1. The predicted octanol–water partition coefficient (Wildman–Crippen LogP) is 4.58. The summed E-state index contributed by atoms with van der Waals surface area (Å²) in [4.78, 5) is 37.6. The van der Waals surface area contributed by atoms with Gasteiger partial charge in [0.1, 0.15) is 0 Å². The molecule has 0 aliphatic carbocycles. The number of fused-ring (bicyclic) bond motifs is 2. The minimum atomic E-state index is -0.188. The second-order valence-corrected chi connectivity index (χ2v) is 9.51. The number of nitrogens with one attached hydrogen (secondary N) is 1. The predicted molar refractivity (Wildman–Crippen MR) is 149 cm³/mol. The van der Waals surface area contributed by atoms with E-state index in [-0.39, 0.29) is 11.5 Å². The Bertz CT molecular complexity index is 1690. The van der Waals surface area contributed by atoms with Crippen LogP contribution in [0.4, 0.5) is 5.95 Å². The first-order valence-corrected chi connectivity index (χ1v) is 12.7. The smallest absolute Gasteiger partial charge is 0.256 e. The van der Waals surface area contributed by atoms with Gasteiger partial charge in [-0.2, -0.15) is 4.98 Å². The molecule has 0 fully saturated rings. The van der Waals surface area contributed by atoms with E-state index in [1.54, 1.807) is 34.9 Å². The number of pyridine rings is 1. The first-order chi connectivity index (χ1) is 18.6. The lowest BCUT2D eigenvalue weighted by atomic mass is 10.0. The van der Waals surface area contributed by atoms with Gasteiger partial charge in [-0.05, 0) is 60.4 Å². The maximum Gasteiger partial charge on any atom is 0.256 e. The lowest BCUT2D eigenvalue weighted by Gasteiger charge is -2.29. The van der Waals surface area contributed by atoms with Gasteiger partial charge in [-0.25, -0.2) is 4.98 Å². The first kappa shape index (κ1) is 23.6. The van der Waals surface area contributed by atoms with Crippen molar-refractivity contribution >= 4 is 22.9 Å². The number of hydrogen-bond acceptors (Lipinski definition) is 5. The number of hydrogen-bond donors (Lipinski definition) is 1. The molecule has 1 N–H and O–H groups in total. The summed E-state index contributed by atoms with van der Waals surface area (Å²) < 4.78 is 1.59. The number of carbonyl (C=O) groups excluding carboxylic acids is 1. The van der Waals surface area contributed by atoms with Crippen LogP contribution in [0, 0.1) is 6.92 Å². The Morgan fingerprint density at radius 3 is 2.39 bits per heavy atom. The molecule has 188 valence electrons. The minimum Gasteiger partial charge on any atom is -0.348 e. The zero-order chi connectivity index (χ0) is 26.1. The summed E-state index contributed by atoms with van der Waals surface area (Å²) in [5, 5.41) is 3.76. The van der Waals surface area contributed by atoms with Gasteiger partial charge in [0.05, 0.1) is 11.4 Å². The van der Waals surface area contributed by atoms with Gasteiger partial charge < -0.3 is 10.2 Å². The maximum atomic E-state index is 13.1. The number of rotatable bonds is 5. The van der Waals surface area contributed by atoms with Crippen LogP contribution in [0.1, 0.15) is 32.7 Å². The van der Waals surface area contributed by atoms with Crippen molar-refractivity contribution in [2.45, 2.75) is 26.4 Å². The SMILES string of the molecule is Cc1nc(N2CCc3ccccc3C2)nc2c1ccc(=O)n2-c1ccc(C(=O)NCc2ccccc2)cc1. The molecule has 0 saturated carbocycles. The molecular weight excluding hydrogens is 474 g/mol. The molecule has 5 aromatic rings. The molecule has 0 atom stereocenters. The molecule has 3 aromatic carbocycles. The van der Waals surface area contributed by atoms with Crippen LogP contribution >= 0.6 is 0 Å². The molecule has 3 heterocycles. The fraction of sp³-hybridized carbons (Fsp3) is 0.161. The summed E-state index contributed by atoms with van der Waals surface area (Å²) in [6.07, 6.45) is 0.923. The van der Waals surface area contributed by atoms with Crippen LogP contribution in [0.5, 0.6) is 0 Å². The van der Waals surface area contributed by atoms with Crippen molar-refractivity contribution in [3.8, 4) is 5.69 Å². The third-order valence-electron chi connectivity index (χ3n) is 7.03. The van der Waals surface area contributed by atoms with Crippen LogP contribution in [0.25, 0.3) is 16.7 Å². The Morgan fingerprint density at radius 1 is 0.868 bits per heavy atom. The van der Waals surface area contributed by atoms with Gasteiger partial charge in [0.25, 0.3) is 11.5 Å². The molecular formula is C31H27N5O2. The van der Waals surface area contributed by atoms with E-state index in [0.29, 0.717) is 29.4 Å². The van der Waals surface area contributed by atoms with E-state index in [2.05, 4.69) is 34.5 Å². The van der Waals surface area contributed by atoms with Crippen LogP contribution in [-0.4, -0.2) is 27.0 Å². The second kappa shape index (κ2) is 9.94. The normalized spacial score (nSPS) is 12.8. The Morgan fingerprint density at radius 2 is 1.61 bits per heavy atom. The van der Waals surface area contributed by atoms with Gasteiger partial charge in [-0.1, -0.05) is 54.6 Å². The zero-order valence-corrected chi connectivity index (χ0v) is 21.1. The highest BCUT2D eigenvalue weighted by Gasteiger charge is 2.20. The van der Waals surface area contributed by atoms with Gasteiger partial charge in [0, 0.05) is 36.7 Å². The summed E-state index contributed by atoms with van der Waals surface area (Å²) in [6, 6.07) is 28.6. The Labute approximate surface area is 220 Å². The number of benzene rings is 3. The number of carbonyl (C=O) groups is 1. The van der Waals surface area contributed by atoms with Crippen molar-refractivity contribution in [3.05, 3.63) is 129 Å². The first-order valence-electron chi connectivity index (χ1n) is 12.7. The fourth-order valence-corrected chi connectivity index (χ4v) is 4.95. The molecule has 2 aromatic heterocycles. The molecule has 6 rings (SSSR count). The van der Waals surface area contributed by atoms with Crippen molar-refractivity contribution < 1.29 is 4.79 Å². The lowest BCUT2D eigenvalue weighted by Crippen LogP contribution is -2.32. The molecule has 1 aliphatic rings. The standard InChI is InChI=1S/C31H27N5O2/c1-21-27-15-16-28(37)36(26-13-11-24(12-14-26)30(38)32-19-22-7-3-2-4-8-22)29(27)34-31(33-21)35-18-17-23-9-5-6-10-25(23)20-35/h2-16H,17-20H2,1H3,(H,32,38). The summed E-state index contributed by atoms with van der Waals surface area (Å²) in [6.45, 7) is 3.93. The second-order valence-electron chi connectivity index (χ2n) is 9.51. The monoisotopic (exact) mass is 501 g/mol. The molecule has 7 heteroatoms. The van der Waals surface area contributed by atoms with Crippen LogP contribution in [0.2, 0.25) is 0 Å². The molecule has 0 bridgehead atoms. The lowest BCUT2D eigenvalue weighted by molar-refractivity contribution is 0.0951. The molecule has 0 unspecified atom stereocenters. The van der Waals surface area contributed by atoms with E-state index < -0.39 is 0 Å². The summed E-state index contributed by atoms with van der Waals surface area (Å²) in [5.74, 6) is 0.442. The van der Waals surface area contributed by atoms with Crippen molar-refractivity contribution in [3.63, 3.8) is 0 Å². The van der Waals surface area contributed by atoms with Crippen molar-refractivity contribution in [2.75, 3.05) is 11.4 Å². The Balaban J connectivity index is 1.31. The highest BCUT2D eigenvalue weighted by Crippen LogP contribution is 2.25. The molecule has 1 amide bonds. The largest absolute Gasteiger partial charge is 0.348 e. The summed E-state index contributed by atoms with van der Waals surface area (Å²) in [7, 11) is 0. The Kier molecular flexibility index (Phi) is 6.17. The molecule has 7 nitrogen and oxygen atoms in total. The van der Waals surface area contributed by atoms with Gasteiger partial charge in [-0.15, -0.1) is 0 Å². The van der Waals surface area contributed by atoms with E-state index in [0.717, 1.165) is 36.2 Å². The molecule has 38 heavy (non-hydrogen) atoms. The number of amides is 1. The van der Waals surface area contributed by atoms with Crippen LogP contribution in [0.3, 0.4) is 0 Å². The quantitative estimate of drug-likeness (QED) is 0.381. The van der Waals surface area contributed by atoms with Crippen molar-refractivity contribution in [1.82, 2.24) is 19.9 Å². The number of anilines is 1. The summed E-state index contributed by atoms with van der Waals surface area (Å²) >= 11 is 0. The van der Waals surface area contributed by atoms with Crippen LogP contribution in [0.15, 0.2) is 95.8 Å². The van der Waals surface area contributed by atoms with E-state index in [1.165, 1.54) is 17.2 Å². The third kappa shape index (κ3) is 4.54. The van der Waals surface area contributed by atoms with Crippen LogP contribution in [-0.2, 0) is 19.5 Å². The highest BCUT2D eigenvalue weighted by molar-refractivity contribution is 5.94. The average molecular weight is 502 g/mol. The van der Waals surface area contributed by atoms with E-state index in [1.807, 2.05) is 37.3 Å². The van der Waals surface area contributed by atoms with Gasteiger partial charge in [-0.3, -0.25) is 14.2 Å². The number of aromatic nitrogens is 3. The maximum absolute atomic E-state index is 13.1. The van der Waals surface area contributed by atoms with Gasteiger partial charge >= 0.3 is 0 Å². The number of nitrogens with zero attached hydrogens (tertiary/aromatic N) is 4. The molecule has 0 radical (unpaired) electrons. The minimum absolute atomic E-state index is 0.170. The van der Waals surface area contributed by atoms with Crippen molar-refractivity contribution in [2.24, 2.45) is 0 Å². The van der Waals surface area contributed by atoms with Gasteiger partial charge in [0.2, 0.25) is 5.95 Å². The molecule has 0 spiro atoms. The van der Waals surface area contributed by atoms with Gasteiger partial charge in [0.15, 0.2) is 5.65 Å². The number of aryl methyl sites for hydroxylation is 1. The summed E-state index contributed by atoms with van der Waals surface area (Å²) in [5.41, 5.74) is 6.01. The van der Waals surface area contributed by atoms with E-state index >= 15 is 0 Å². The zero-order valence-electron chi connectivity index (χ0n) is 21.1. The Hall–Kier alpha value is -4.78.